The van der Waals surface area contributed by atoms with E-state index < -0.39 is 0 Å². The summed E-state index contributed by atoms with van der Waals surface area (Å²) in [6.07, 6.45) is 4.79. The van der Waals surface area contributed by atoms with E-state index in [1.807, 2.05) is 18.3 Å². The van der Waals surface area contributed by atoms with Gasteiger partial charge in [-0.3, -0.25) is 9.78 Å². The van der Waals surface area contributed by atoms with Crippen molar-refractivity contribution in [3.8, 4) is 11.3 Å². The lowest BCUT2D eigenvalue weighted by atomic mass is 10.1. The van der Waals surface area contributed by atoms with Crippen molar-refractivity contribution in [3.63, 3.8) is 0 Å². The second-order valence-electron chi connectivity index (χ2n) is 6.50. The molecular weight excluding hydrogens is 346 g/mol. The number of hydrogen-bond donors (Lipinski definition) is 0. The van der Waals surface area contributed by atoms with Crippen LogP contribution in [0.1, 0.15) is 62.8 Å². The van der Waals surface area contributed by atoms with E-state index in [0.717, 1.165) is 47.4 Å². The van der Waals surface area contributed by atoms with Gasteiger partial charge in [0, 0.05) is 29.8 Å². The van der Waals surface area contributed by atoms with Crippen molar-refractivity contribution >= 4 is 28.4 Å². The molecule has 3 aromatic rings. The van der Waals surface area contributed by atoms with E-state index in [4.69, 9.17) is 16.6 Å². The summed E-state index contributed by atoms with van der Waals surface area (Å²) in [7, 11) is 0. The zero-order valence-electron chi connectivity index (χ0n) is 15.7. The first kappa shape index (κ1) is 18.6. The fourth-order valence-corrected chi connectivity index (χ4v) is 3.77. The number of nitrogens with zero attached hydrogens (tertiary/aromatic N) is 3. The highest BCUT2D eigenvalue weighted by atomic mass is 35.5. The van der Waals surface area contributed by atoms with Crippen LogP contribution in [0.5, 0.6) is 0 Å². The monoisotopic (exact) mass is 369 g/mol. The third-order valence-corrected chi connectivity index (χ3v) is 5.25. The van der Waals surface area contributed by atoms with Crippen molar-refractivity contribution in [3.05, 3.63) is 46.9 Å². The van der Waals surface area contributed by atoms with Crippen molar-refractivity contribution in [1.82, 2.24) is 14.5 Å². The molecule has 0 N–H and O–H groups in total. The average molecular weight is 370 g/mol. The van der Waals surface area contributed by atoms with Gasteiger partial charge in [0.1, 0.15) is 11.3 Å². The molecule has 2 heterocycles. The molecule has 0 aliphatic carbocycles. The summed E-state index contributed by atoms with van der Waals surface area (Å²) in [4.78, 5) is 21.1. The average Bonchev–Trinajstić information content (AvgIpc) is 3.01. The molecule has 0 fully saturated rings. The second kappa shape index (κ2) is 7.58. The molecule has 4 nitrogen and oxygen atoms in total. The van der Waals surface area contributed by atoms with Crippen LogP contribution in [0.2, 0.25) is 5.02 Å². The van der Waals surface area contributed by atoms with Crippen LogP contribution in [0.3, 0.4) is 0 Å². The normalized spacial score (nSPS) is 11.5. The highest BCUT2D eigenvalue weighted by molar-refractivity contribution is 6.34. The van der Waals surface area contributed by atoms with Gasteiger partial charge in [-0.05, 0) is 31.9 Å². The van der Waals surface area contributed by atoms with E-state index in [0.29, 0.717) is 16.6 Å². The topological polar surface area (TPSA) is 47.8 Å². The molecule has 0 atom stereocenters. The zero-order chi connectivity index (χ0) is 18.8. The fraction of sp³-hybridized carbons (Fsp3) is 0.381. The van der Waals surface area contributed by atoms with Gasteiger partial charge in [-0.15, -0.1) is 0 Å². The minimum atomic E-state index is -0.00380. The minimum absolute atomic E-state index is 0.00380. The van der Waals surface area contributed by atoms with Gasteiger partial charge >= 0.3 is 0 Å². The smallest absolute Gasteiger partial charge is 0.159 e. The number of carbonyl (C=O) groups is 1. The first-order valence-electron chi connectivity index (χ1n) is 9.18. The van der Waals surface area contributed by atoms with Gasteiger partial charge in [0.15, 0.2) is 5.78 Å². The number of hydrogen-bond acceptors (Lipinski definition) is 3. The summed E-state index contributed by atoms with van der Waals surface area (Å²) >= 11 is 6.48. The lowest BCUT2D eigenvalue weighted by Crippen LogP contribution is -2.10. The lowest BCUT2D eigenvalue weighted by molar-refractivity contribution is 0.101. The number of imidazole rings is 1. The van der Waals surface area contributed by atoms with E-state index in [-0.39, 0.29) is 5.78 Å². The van der Waals surface area contributed by atoms with Crippen molar-refractivity contribution in [2.45, 2.75) is 53.0 Å². The molecule has 136 valence electrons. The van der Waals surface area contributed by atoms with Gasteiger partial charge in [-0.25, -0.2) is 4.98 Å². The summed E-state index contributed by atoms with van der Waals surface area (Å²) in [5.74, 6) is 1.07. The predicted octanol–water partition coefficient (Wildman–Crippen LogP) is 5.88. The molecule has 1 aromatic carbocycles. The highest BCUT2D eigenvalue weighted by Gasteiger charge is 2.20. The molecule has 0 amide bonds. The molecule has 0 aliphatic heterocycles. The number of carbonyl (C=O) groups excluding carboxylic acids is 1. The van der Waals surface area contributed by atoms with Crippen LogP contribution in [-0.2, 0) is 6.42 Å². The number of halogens is 1. The standard InChI is InChI=1S/C21H24ClN3O/c1-5-15(6-2)25-18-10-11-23-20(21(18)24-19(25)7-3)16-9-8-14(13(4)26)12-17(16)22/h8-12,15H,5-7H2,1-4H3. The zero-order valence-corrected chi connectivity index (χ0v) is 16.5. The number of aromatic nitrogens is 3. The molecule has 0 saturated heterocycles. The Morgan fingerprint density at radius 3 is 2.50 bits per heavy atom. The highest BCUT2D eigenvalue weighted by Crippen LogP contribution is 2.34. The maximum atomic E-state index is 11.6. The Morgan fingerprint density at radius 1 is 1.19 bits per heavy atom. The Balaban J connectivity index is 2.24. The Morgan fingerprint density at radius 2 is 1.92 bits per heavy atom. The third-order valence-electron chi connectivity index (χ3n) is 4.94. The largest absolute Gasteiger partial charge is 0.325 e. The van der Waals surface area contributed by atoms with E-state index in [9.17, 15) is 4.79 Å². The van der Waals surface area contributed by atoms with Crippen molar-refractivity contribution in [1.29, 1.82) is 0 Å². The van der Waals surface area contributed by atoms with Crippen LogP contribution >= 0.6 is 11.6 Å². The maximum Gasteiger partial charge on any atom is 0.159 e. The molecule has 5 heteroatoms. The van der Waals surface area contributed by atoms with Crippen molar-refractivity contribution in [2.75, 3.05) is 0 Å². The number of pyridine rings is 1. The molecule has 3 rings (SSSR count). The van der Waals surface area contributed by atoms with Gasteiger partial charge in [0.2, 0.25) is 0 Å². The molecule has 0 spiro atoms. The minimum Gasteiger partial charge on any atom is -0.325 e. The number of aryl methyl sites for hydroxylation is 1. The Labute approximate surface area is 159 Å². The van der Waals surface area contributed by atoms with Crippen LogP contribution in [0.4, 0.5) is 0 Å². The van der Waals surface area contributed by atoms with E-state index in [2.05, 4.69) is 30.3 Å². The summed E-state index contributed by atoms with van der Waals surface area (Å²) in [6.45, 7) is 8.08. The first-order valence-corrected chi connectivity index (χ1v) is 9.56. The third kappa shape index (κ3) is 3.14. The predicted molar refractivity (Wildman–Crippen MR) is 107 cm³/mol. The number of fused-ring (bicyclic) bond motifs is 1. The van der Waals surface area contributed by atoms with Gasteiger partial charge < -0.3 is 4.57 Å². The molecule has 0 unspecified atom stereocenters. The number of rotatable bonds is 6. The van der Waals surface area contributed by atoms with Crippen molar-refractivity contribution < 1.29 is 4.79 Å². The molecule has 0 radical (unpaired) electrons. The van der Waals surface area contributed by atoms with Gasteiger partial charge in [-0.2, -0.15) is 0 Å². The summed E-state index contributed by atoms with van der Waals surface area (Å²) in [5.41, 5.74) is 4.13. The van der Waals surface area contributed by atoms with Crippen LogP contribution in [0, 0.1) is 0 Å². The second-order valence-corrected chi connectivity index (χ2v) is 6.91. The number of Topliss-reactive ketones (excluding diaryl/α,β-unsaturated/α-hetero) is 1. The van der Waals surface area contributed by atoms with Crippen LogP contribution in [0.15, 0.2) is 30.5 Å². The molecule has 0 aliphatic rings. The molecule has 2 aromatic heterocycles. The maximum absolute atomic E-state index is 11.6. The van der Waals surface area contributed by atoms with E-state index in [1.165, 1.54) is 6.92 Å². The Kier molecular flexibility index (Phi) is 5.42. The molecule has 0 saturated carbocycles. The van der Waals surface area contributed by atoms with Crippen LogP contribution < -0.4 is 0 Å². The lowest BCUT2D eigenvalue weighted by Gasteiger charge is -2.18. The van der Waals surface area contributed by atoms with Crippen molar-refractivity contribution in [2.24, 2.45) is 0 Å². The summed E-state index contributed by atoms with van der Waals surface area (Å²) < 4.78 is 2.35. The fourth-order valence-electron chi connectivity index (χ4n) is 3.50. The summed E-state index contributed by atoms with van der Waals surface area (Å²) in [5, 5.41) is 0.521. The van der Waals surface area contributed by atoms with Crippen LogP contribution in [-0.4, -0.2) is 20.3 Å². The quantitative estimate of drug-likeness (QED) is 0.510. The molecule has 26 heavy (non-hydrogen) atoms. The Hall–Kier alpha value is -2.20. The summed E-state index contributed by atoms with van der Waals surface area (Å²) in [6, 6.07) is 7.81. The van der Waals surface area contributed by atoms with E-state index >= 15 is 0 Å². The van der Waals surface area contributed by atoms with Gasteiger partial charge in [0.25, 0.3) is 0 Å². The van der Waals surface area contributed by atoms with Gasteiger partial charge in [0.05, 0.1) is 16.2 Å². The molecular formula is C21H24ClN3O. The van der Waals surface area contributed by atoms with E-state index in [1.54, 1.807) is 12.1 Å². The van der Waals surface area contributed by atoms with Crippen LogP contribution in [0.25, 0.3) is 22.3 Å². The molecule has 0 bridgehead atoms. The Bertz CT molecular complexity index is 957. The SMILES string of the molecule is CCc1nc2c(-c3ccc(C(C)=O)cc3Cl)nccc2n1C(CC)CC. The first-order chi connectivity index (χ1) is 12.5. The number of ketones is 1. The van der Waals surface area contributed by atoms with Gasteiger partial charge in [-0.1, -0.05) is 44.5 Å². The number of benzene rings is 1.